The number of sulfone groups is 1. The molecule has 0 saturated heterocycles. The molecule has 0 radical (unpaired) electrons. The highest BCUT2D eigenvalue weighted by Crippen LogP contribution is 2.11. The molecule has 0 spiro atoms. The summed E-state index contributed by atoms with van der Waals surface area (Å²) in [6.45, 7) is 5.25. The molecule has 1 aromatic rings. The lowest BCUT2D eigenvalue weighted by atomic mass is 10.3. The Morgan fingerprint density at radius 1 is 1.42 bits per heavy atom. The van der Waals surface area contributed by atoms with Crippen LogP contribution in [0.2, 0.25) is 0 Å². The maximum Gasteiger partial charge on any atom is 0.191 e. The van der Waals surface area contributed by atoms with Crippen LogP contribution in [0.5, 0.6) is 5.75 Å². The summed E-state index contributed by atoms with van der Waals surface area (Å²) in [5.41, 5.74) is 0. The van der Waals surface area contributed by atoms with Gasteiger partial charge in [-0.3, -0.25) is 0 Å². The third-order valence-electron chi connectivity index (χ3n) is 3.08. The van der Waals surface area contributed by atoms with E-state index in [-0.39, 0.29) is 17.6 Å². The summed E-state index contributed by atoms with van der Waals surface area (Å²) in [6.07, 6.45) is 1.73. The topological polar surface area (TPSA) is 79.8 Å². The van der Waals surface area contributed by atoms with Crippen molar-refractivity contribution in [3.8, 4) is 5.75 Å². The van der Waals surface area contributed by atoms with Gasteiger partial charge in [-0.05, 0) is 32.4 Å². The molecular weight excluding hydrogens is 333 g/mol. The summed E-state index contributed by atoms with van der Waals surface area (Å²) in [5.74, 6) is 0.847. The van der Waals surface area contributed by atoms with Crippen LogP contribution in [0.4, 0.5) is 4.39 Å². The van der Waals surface area contributed by atoms with Gasteiger partial charge in [-0.1, -0.05) is 6.07 Å². The monoisotopic (exact) mass is 359 g/mol. The summed E-state index contributed by atoms with van der Waals surface area (Å²) in [4.78, 5) is 4.36. The second-order valence-corrected chi connectivity index (χ2v) is 7.79. The molecule has 0 fully saturated rings. The molecule has 1 unspecified atom stereocenters. The van der Waals surface area contributed by atoms with Crippen LogP contribution >= 0.6 is 0 Å². The number of rotatable bonds is 9. The van der Waals surface area contributed by atoms with E-state index in [1.807, 2.05) is 13.8 Å². The van der Waals surface area contributed by atoms with Gasteiger partial charge in [-0.15, -0.1) is 0 Å². The van der Waals surface area contributed by atoms with Gasteiger partial charge in [0.05, 0.1) is 12.3 Å². The fourth-order valence-electron chi connectivity index (χ4n) is 1.89. The van der Waals surface area contributed by atoms with Crippen LogP contribution in [-0.4, -0.2) is 52.1 Å². The lowest BCUT2D eigenvalue weighted by Crippen LogP contribution is -2.43. The van der Waals surface area contributed by atoms with E-state index < -0.39 is 9.84 Å². The van der Waals surface area contributed by atoms with E-state index in [1.54, 1.807) is 12.1 Å². The van der Waals surface area contributed by atoms with Crippen molar-refractivity contribution in [3.05, 3.63) is 30.1 Å². The quantitative estimate of drug-likeness (QED) is 0.398. The zero-order chi connectivity index (χ0) is 18.0. The SMILES string of the molecule is CCNC(=NCCOc1cccc(F)c1)NC(C)CCS(C)(=O)=O. The van der Waals surface area contributed by atoms with Crippen LogP contribution in [0.25, 0.3) is 0 Å². The van der Waals surface area contributed by atoms with E-state index in [4.69, 9.17) is 4.74 Å². The Bertz CT molecular complexity index is 635. The molecule has 0 aliphatic heterocycles. The lowest BCUT2D eigenvalue weighted by Gasteiger charge is -2.17. The van der Waals surface area contributed by atoms with E-state index in [0.29, 0.717) is 37.8 Å². The number of hydrogen-bond acceptors (Lipinski definition) is 4. The zero-order valence-electron chi connectivity index (χ0n) is 14.4. The Kier molecular flexibility index (Phi) is 8.53. The molecule has 0 aromatic heterocycles. The Labute approximate surface area is 143 Å². The van der Waals surface area contributed by atoms with E-state index in [1.165, 1.54) is 18.4 Å². The second kappa shape index (κ2) is 10.1. The van der Waals surface area contributed by atoms with Gasteiger partial charge in [0, 0.05) is 24.9 Å². The largest absolute Gasteiger partial charge is 0.492 e. The van der Waals surface area contributed by atoms with Gasteiger partial charge in [0.25, 0.3) is 0 Å². The molecule has 6 nitrogen and oxygen atoms in total. The molecule has 0 aliphatic rings. The van der Waals surface area contributed by atoms with Crippen LogP contribution in [0.1, 0.15) is 20.3 Å². The number of ether oxygens (including phenoxy) is 1. The summed E-state index contributed by atoms with van der Waals surface area (Å²) in [5, 5.41) is 6.25. The van der Waals surface area contributed by atoms with E-state index in [0.717, 1.165) is 0 Å². The Hall–Kier alpha value is -1.83. The van der Waals surface area contributed by atoms with Crippen LogP contribution in [0.3, 0.4) is 0 Å². The second-order valence-electron chi connectivity index (χ2n) is 5.53. The highest BCUT2D eigenvalue weighted by Gasteiger charge is 2.09. The van der Waals surface area contributed by atoms with Gasteiger partial charge >= 0.3 is 0 Å². The molecule has 0 saturated carbocycles. The zero-order valence-corrected chi connectivity index (χ0v) is 15.2. The van der Waals surface area contributed by atoms with Crippen LogP contribution in [-0.2, 0) is 9.84 Å². The summed E-state index contributed by atoms with van der Waals surface area (Å²) < 4.78 is 40.9. The molecule has 0 amide bonds. The summed E-state index contributed by atoms with van der Waals surface area (Å²) in [7, 11) is -2.97. The Morgan fingerprint density at radius 2 is 2.17 bits per heavy atom. The van der Waals surface area contributed by atoms with Gasteiger partial charge in [0.15, 0.2) is 5.96 Å². The number of guanidine groups is 1. The minimum absolute atomic E-state index is 0.0262. The van der Waals surface area contributed by atoms with Gasteiger partial charge in [-0.2, -0.15) is 0 Å². The molecule has 0 bridgehead atoms. The smallest absolute Gasteiger partial charge is 0.191 e. The molecule has 0 heterocycles. The van der Waals surface area contributed by atoms with Crippen molar-refractivity contribution in [2.45, 2.75) is 26.3 Å². The van der Waals surface area contributed by atoms with Gasteiger partial charge in [0.2, 0.25) is 0 Å². The maximum absolute atomic E-state index is 13.0. The number of benzene rings is 1. The predicted octanol–water partition coefficient (Wildman–Crippen LogP) is 1.58. The molecular formula is C16H26FN3O3S. The van der Waals surface area contributed by atoms with Crippen molar-refractivity contribution in [2.75, 3.05) is 31.7 Å². The minimum atomic E-state index is -2.97. The highest BCUT2D eigenvalue weighted by molar-refractivity contribution is 7.90. The third kappa shape index (κ3) is 9.34. The summed E-state index contributed by atoms with van der Waals surface area (Å²) in [6, 6.07) is 5.92. The molecule has 8 heteroatoms. The Balaban J connectivity index is 2.44. The highest BCUT2D eigenvalue weighted by atomic mass is 32.2. The van der Waals surface area contributed by atoms with Crippen molar-refractivity contribution in [1.82, 2.24) is 10.6 Å². The van der Waals surface area contributed by atoms with Crippen molar-refractivity contribution in [3.63, 3.8) is 0 Å². The molecule has 0 aliphatic carbocycles. The first-order chi connectivity index (χ1) is 11.3. The van der Waals surface area contributed by atoms with Crippen LogP contribution < -0.4 is 15.4 Å². The number of nitrogens with one attached hydrogen (secondary N) is 2. The van der Waals surface area contributed by atoms with E-state index >= 15 is 0 Å². The standard InChI is InChI=1S/C16H26FN3O3S/c1-4-18-16(20-13(2)8-11-24(3,21)22)19-9-10-23-15-7-5-6-14(17)12-15/h5-7,12-13H,4,8-11H2,1-3H3,(H2,18,19,20). The molecule has 1 rings (SSSR count). The van der Waals surface area contributed by atoms with Gasteiger partial charge in [-0.25, -0.2) is 17.8 Å². The first kappa shape index (κ1) is 20.2. The number of hydrogen-bond donors (Lipinski definition) is 2. The Morgan fingerprint density at radius 3 is 2.79 bits per heavy atom. The number of halogens is 1. The fourth-order valence-corrected chi connectivity index (χ4v) is 2.68. The molecule has 136 valence electrons. The van der Waals surface area contributed by atoms with Crippen molar-refractivity contribution in [2.24, 2.45) is 4.99 Å². The van der Waals surface area contributed by atoms with Crippen molar-refractivity contribution in [1.29, 1.82) is 0 Å². The van der Waals surface area contributed by atoms with Crippen LogP contribution in [0, 0.1) is 5.82 Å². The van der Waals surface area contributed by atoms with Crippen molar-refractivity contribution >= 4 is 15.8 Å². The van der Waals surface area contributed by atoms with Gasteiger partial charge in [0.1, 0.15) is 28.0 Å². The minimum Gasteiger partial charge on any atom is -0.492 e. The van der Waals surface area contributed by atoms with E-state index in [2.05, 4.69) is 15.6 Å². The first-order valence-electron chi connectivity index (χ1n) is 7.91. The lowest BCUT2D eigenvalue weighted by molar-refractivity contribution is 0.326. The molecule has 24 heavy (non-hydrogen) atoms. The van der Waals surface area contributed by atoms with Crippen LogP contribution in [0.15, 0.2) is 29.3 Å². The fraction of sp³-hybridized carbons (Fsp3) is 0.562. The third-order valence-corrected chi connectivity index (χ3v) is 4.05. The number of nitrogens with zero attached hydrogens (tertiary/aromatic N) is 1. The number of aliphatic imine (C=N–C) groups is 1. The average molecular weight is 359 g/mol. The van der Waals surface area contributed by atoms with Gasteiger partial charge < -0.3 is 15.4 Å². The maximum atomic E-state index is 13.0. The molecule has 2 N–H and O–H groups in total. The molecule has 1 atom stereocenters. The van der Waals surface area contributed by atoms with E-state index in [9.17, 15) is 12.8 Å². The first-order valence-corrected chi connectivity index (χ1v) is 9.97. The summed E-state index contributed by atoms with van der Waals surface area (Å²) >= 11 is 0. The van der Waals surface area contributed by atoms with Crippen molar-refractivity contribution < 1.29 is 17.5 Å². The molecule has 1 aromatic carbocycles. The normalized spacial score (nSPS) is 13.4. The predicted molar refractivity (Wildman–Crippen MR) is 94.8 cm³/mol. The average Bonchev–Trinajstić information content (AvgIpc) is 2.49.